The lowest BCUT2D eigenvalue weighted by Gasteiger charge is -2.27. The monoisotopic (exact) mass is 696 g/mol. The molecule has 0 aliphatic rings. The van der Waals surface area contributed by atoms with Crippen LogP contribution in [0.4, 0.5) is 11.4 Å². The van der Waals surface area contributed by atoms with Crippen LogP contribution in [0.2, 0.25) is 0 Å². The van der Waals surface area contributed by atoms with E-state index in [4.69, 9.17) is 17.2 Å². The molecule has 0 fully saturated rings. The van der Waals surface area contributed by atoms with Crippen molar-refractivity contribution >= 4 is 46.8 Å². The summed E-state index contributed by atoms with van der Waals surface area (Å²) in [6.07, 6.45) is -0.215. The molecule has 3 rings (SSSR count). The van der Waals surface area contributed by atoms with Gasteiger partial charge in [-0.15, -0.1) is 0 Å². The predicted octanol–water partition coefficient (Wildman–Crippen LogP) is -2.61. The van der Waals surface area contributed by atoms with Crippen molar-refractivity contribution in [2.45, 2.75) is 56.5 Å². The number of nitro benzene ring substituents is 1. The van der Waals surface area contributed by atoms with Gasteiger partial charge in [-0.1, -0.05) is 18.2 Å². The first-order valence-electron chi connectivity index (χ1n) is 14.8. The van der Waals surface area contributed by atoms with Crippen LogP contribution >= 0.6 is 0 Å². The van der Waals surface area contributed by atoms with Crippen LogP contribution in [0.25, 0.3) is 0 Å². The van der Waals surface area contributed by atoms with E-state index in [1.807, 2.05) is 0 Å². The second-order valence-electron chi connectivity index (χ2n) is 11.1. The molecule has 266 valence electrons. The maximum atomic E-state index is 13.6. The fourth-order valence-electron chi connectivity index (χ4n) is 4.67. The van der Waals surface area contributed by atoms with Gasteiger partial charge in [0.1, 0.15) is 24.2 Å². The van der Waals surface area contributed by atoms with Crippen LogP contribution in [-0.2, 0) is 36.8 Å². The van der Waals surface area contributed by atoms with E-state index in [0.717, 1.165) is 19.1 Å². The Morgan fingerprint density at radius 3 is 2.16 bits per heavy atom. The number of aliphatic hydroxyl groups is 1. The second kappa shape index (κ2) is 17.0. The number of anilines is 1. The Balaban J connectivity index is 1.81. The molecule has 0 unspecified atom stereocenters. The van der Waals surface area contributed by atoms with Gasteiger partial charge in [-0.3, -0.25) is 38.9 Å². The molecule has 0 bridgehead atoms. The summed E-state index contributed by atoms with van der Waals surface area (Å²) in [5, 5.41) is 40.7. The molecule has 20 nitrogen and oxygen atoms in total. The number of amides is 6. The van der Waals surface area contributed by atoms with Crippen molar-refractivity contribution in [2.75, 3.05) is 5.73 Å². The van der Waals surface area contributed by atoms with Gasteiger partial charge in [-0.2, -0.15) is 0 Å². The first-order chi connectivity index (χ1) is 23.6. The number of aromatic amines is 1. The van der Waals surface area contributed by atoms with Gasteiger partial charge in [0.15, 0.2) is 5.75 Å². The Hall–Kier alpha value is -6.57. The number of aromatic nitrogens is 2. The number of para-hydroxylation sites is 1. The van der Waals surface area contributed by atoms with Crippen LogP contribution < -0.4 is 38.5 Å². The average molecular weight is 697 g/mol. The maximum Gasteiger partial charge on any atom is 0.310 e. The number of nitrogens with zero attached hydrogens (tertiary/aromatic N) is 2. The number of phenols is 1. The number of aromatic hydroxyl groups is 1. The van der Waals surface area contributed by atoms with Gasteiger partial charge < -0.3 is 53.7 Å². The molecule has 3 aromatic rings. The van der Waals surface area contributed by atoms with Crippen LogP contribution in [0.5, 0.6) is 5.75 Å². The number of rotatable bonds is 17. The summed E-state index contributed by atoms with van der Waals surface area (Å²) in [5.74, 6) is -6.58. The normalized spacial score (nSPS) is 13.8. The highest BCUT2D eigenvalue weighted by molar-refractivity contribution is 6.03. The number of nitrogens with two attached hydrogens (primary N) is 3. The van der Waals surface area contributed by atoms with E-state index in [1.165, 1.54) is 36.8 Å². The number of nitrogen functional groups attached to an aromatic ring is 1. The van der Waals surface area contributed by atoms with Gasteiger partial charge >= 0.3 is 5.69 Å². The summed E-state index contributed by atoms with van der Waals surface area (Å²) in [6.45, 7) is 1.16. The van der Waals surface area contributed by atoms with Crippen molar-refractivity contribution < 1.29 is 43.9 Å². The fourth-order valence-corrected chi connectivity index (χ4v) is 4.67. The Bertz CT molecular complexity index is 1750. The van der Waals surface area contributed by atoms with Crippen LogP contribution in [0, 0.1) is 10.1 Å². The van der Waals surface area contributed by atoms with E-state index in [1.54, 1.807) is 6.07 Å². The highest BCUT2D eigenvalue weighted by Gasteiger charge is 2.34. The molecule has 50 heavy (non-hydrogen) atoms. The smallest absolute Gasteiger partial charge is 0.310 e. The summed E-state index contributed by atoms with van der Waals surface area (Å²) in [6, 6.07) is 2.92. The SMILES string of the molecule is C[C@@H](O)[C@H](NC(=O)[C@H](Cc1cnc[nH]1)NC(=O)[C@H](CC(N)=O)NC(=O)c1ccccc1N)C(=O)N[C@@H](Cc1ccc(O)c([N+](=O)[O-])c1)C(N)=O. The Morgan fingerprint density at radius 1 is 0.920 bits per heavy atom. The third-order valence-corrected chi connectivity index (χ3v) is 7.24. The van der Waals surface area contributed by atoms with Gasteiger partial charge in [-0.05, 0) is 30.7 Å². The van der Waals surface area contributed by atoms with Gasteiger partial charge in [0.05, 0.1) is 29.3 Å². The predicted molar refractivity (Wildman–Crippen MR) is 173 cm³/mol. The number of phenolic OH excluding ortho intramolecular Hbond substituents is 1. The van der Waals surface area contributed by atoms with Crippen LogP contribution in [0.1, 0.15) is 35.0 Å². The first-order valence-corrected chi connectivity index (χ1v) is 14.8. The summed E-state index contributed by atoms with van der Waals surface area (Å²) in [4.78, 5) is 94.1. The Labute approximate surface area is 283 Å². The number of nitrogens with one attached hydrogen (secondary N) is 5. The molecule has 0 radical (unpaired) electrons. The molecule has 13 N–H and O–H groups in total. The molecule has 20 heteroatoms. The zero-order valence-corrected chi connectivity index (χ0v) is 26.5. The number of hydrogen-bond acceptors (Lipinski definition) is 12. The summed E-state index contributed by atoms with van der Waals surface area (Å²) in [5.41, 5.74) is 16.5. The molecule has 0 aliphatic heterocycles. The number of carbonyl (C=O) groups is 6. The molecule has 0 saturated heterocycles. The minimum absolute atomic E-state index is 0.00482. The van der Waals surface area contributed by atoms with Crippen LogP contribution in [0.15, 0.2) is 55.0 Å². The molecule has 0 spiro atoms. The third kappa shape index (κ3) is 10.5. The molecule has 6 amide bonds. The van der Waals surface area contributed by atoms with E-state index in [0.29, 0.717) is 5.69 Å². The first kappa shape index (κ1) is 37.9. The number of primary amides is 2. The molecule has 0 aliphatic carbocycles. The summed E-state index contributed by atoms with van der Waals surface area (Å²) < 4.78 is 0. The Kier molecular flexibility index (Phi) is 12.9. The van der Waals surface area contributed by atoms with Gasteiger partial charge in [0, 0.05) is 36.5 Å². The second-order valence-corrected chi connectivity index (χ2v) is 11.1. The molecule has 1 aromatic heterocycles. The Morgan fingerprint density at radius 2 is 1.58 bits per heavy atom. The molecule has 5 atom stereocenters. The van der Waals surface area contributed by atoms with Gasteiger partial charge in [0.25, 0.3) is 5.91 Å². The topological polar surface area (TPSA) is 341 Å². The number of aliphatic hydroxyl groups excluding tert-OH is 1. The van der Waals surface area contributed by atoms with Crippen molar-refractivity contribution in [3.05, 3.63) is 81.9 Å². The number of benzene rings is 2. The van der Waals surface area contributed by atoms with Gasteiger partial charge in [-0.25, -0.2) is 4.98 Å². The fraction of sp³-hybridized carbons (Fsp3) is 0.300. The number of hydrogen-bond donors (Lipinski definition) is 10. The zero-order chi connectivity index (χ0) is 37.1. The van der Waals surface area contributed by atoms with Crippen LogP contribution in [-0.4, -0.2) is 90.8 Å². The van der Waals surface area contributed by atoms with Crippen molar-refractivity contribution in [3.8, 4) is 5.75 Å². The summed E-state index contributed by atoms with van der Waals surface area (Å²) in [7, 11) is 0. The lowest BCUT2D eigenvalue weighted by Crippen LogP contribution is -2.61. The van der Waals surface area contributed by atoms with E-state index < -0.39 is 88.5 Å². The summed E-state index contributed by atoms with van der Waals surface area (Å²) >= 11 is 0. The van der Waals surface area contributed by atoms with Crippen molar-refractivity contribution in [3.63, 3.8) is 0 Å². The van der Waals surface area contributed by atoms with Crippen molar-refractivity contribution in [1.29, 1.82) is 0 Å². The van der Waals surface area contributed by atoms with Crippen LogP contribution in [0.3, 0.4) is 0 Å². The van der Waals surface area contributed by atoms with E-state index in [9.17, 15) is 49.1 Å². The molecule has 2 aromatic carbocycles. The molecule has 0 saturated carbocycles. The number of H-pyrrole nitrogens is 1. The van der Waals surface area contributed by atoms with Crippen molar-refractivity contribution in [1.82, 2.24) is 31.2 Å². The number of nitro groups is 1. The average Bonchev–Trinajstić information content (AvgIpc) is 3.56. The van der Waals surface area contributed by atoms with E-state index >= 15 is 0 Å². The standard InChI is InChI=1S/C30H36N10O10/c1-14(41)25(30(48)36-19(26(33)44)8-15-6-7-23(42)22(9-15)40(49)50)39-29(47)20(10-16-12-34-13-35-16)38-28(46)21(11-24(32)43)37-27(45)17-4-2-3-5-18(17)31/h2-7,9,12-14,19-21,25,41-42H,8,10-11,31H2,1H3,(H2,32,43)(H2,33,44)(H,34,35)(H,36,48)(H,37,45)(H,38,46)(H,39,47)/t14-,19+,20+,21+,25+/m1/s1. The number of imidazole rings is 1. The minimum Gasteiger partial charge on any atom is -0.502 e. The highest BCUT2D eigenvalue weighted by atomic mass is 16.6. The minimum atomic E-state index is -1.73. The zero-order valence-electron chi connectivity index (χ0n) is 26.5. The maximum absolute atomic E-state index is 13.6. The van der Waals surface area contributed by atoms with E-state index in [-0.39, 0.29) is 29.7 Å². The highest BCUT2D eigenvalue weighted by Crippen LogP contribution is 2.26. The molecule has 1 heterocycles. The molecular formula is C30H36N10O10. The molecular weight excluding hydrogens is 660 g/mol. The third-order valence-electron chi connectivity index (χ3n) is 7.24. The quantitative estimate of drug-likeness (QED) is 0.0394. The van der Waals surface area contributed by atoms with Gasteiger partial charge in [0.2, 0.25) is 29.5 Å². The number of carbonyl (C=O) groups excluding carboxylic acids is 6. The van der Waals surface area contributed by atoms with Crippen molar-refractivity contribution in [2.24, 2.45) is 11.5 Å². The lowest BCUT2D eigenvalue weighted by molar-refractivity contribution is -0.385. The largest absolute Gasteiger partial charge is 0.502 e. The lowest BCUT2D eigenvalue weighted by atomic mass is 10.0. The van der Waals surface area contributed by atoms with E-state index in [2.05, 4.69) is 31.2 Å².